The molecule has 0 unspecified atom stereocenters. The monoisotopic (exact) mass is 568 g/mol. The van der Waals surface area contributed by atoms with Gasteiger partial charge in [0.2, 0.25) is 5.91 Å². The van der Waals surface area contributed by atoms with Crippen molar-refractivity contribution in [2.45, 2.75) is 51.0 Å². The third kappa shape index (κ3) is 7.94. The average Bonchev–Trinajstić information content (AvgIpc) is 2.91. The molecule has 3 aromatic rings. The zero-order chi connectivity index (χ0) is 27.8. The summed E-state index contributed by atoms with van der Waals surface area (Å²) in [5.74, 6) is -0.955. The van der Waals surface area contributed by atoms with Crippen LogP contribution in [0.1, 0.15) is 52.9 Å². The van der Waals surface area contributed by atoms with E-state index in [1.807, 2.05) is 0 Å². The standard InChI is InChI=1S/C29H30Cl2N4O4/c30-22-7-3-8-23(31)26(22)28(37)35-24(29(38)39)17-18-10-13-21(14-11-18)33-25(36)9-2-1-6-20-15-12-19-5-4-16-32-27(19)34-20/h3,7-8,10-15,24H,1-2,4-6,9,16-17H2,(H,32,34)(H,33,36)(H,35,37)(H,38,39)/t24-/m0/s1. The van der Waals surface area contributed by atoms with Crippen LogP contribution in [0.2, 0.25) is 10.0 Å². The van der Waals surface area contributed by atoms with Crippen LogP contribution in [0.3, 0.4) is 0 Å². The van der Waals surface area contributed by atoms with Gasteiger partial charge in [0.05, 0.1) is 15.6 Å². The molecule has 0 bridgehead atoms. The summed E-state index contributed by atoms with van der Waals surface area (Å²) in [6.45, 7) is 0.959. The molecule has 1 aromatic heterocycles. The van der Waals surface area contributed by atoms with E-state index in [-0.39, 0.29) is 27.9 Å². The normalized spacial score (nSPS) is 13.1. The Morgan fingerprint density at radius 1 is 1.00 bits per heavy atom. The Balaban J connectivity index is 1.23. The number of carboxylic acid groups (broad SMARTS) is 1. The van der Waals surface area contributed by atoms with Crippen LogP contribution in [-0.2, 0) is 28.9 Å². The number of aliphatic carboxylic acids is 1. The molecule has 0 aliphatic carbocycles. The number of carboxylic acids is 1. The fourth-order valence-corrected chi connectivity index (χ4v) is 5.00. The van der Waals surface area contributed by atoms with E-state index in [1.165, 1.54) is 17.7 Å². The first-order valence-corrected chi connectivity index (χ1v) is 13.6. The highest BCUT2D eigenvalue weighted by Gasteiger charge is 2.24. The molecule has 2 aromatic carbocycles. The molecule has 8 nitrogen and oxygen atoms in total. The maximum Gasteiger partial charge on any atom is 0.326 e. The van der Waals surface area contributed by atoms with Gasteiger partial charge in [0.25, 0.3) is 5.91 Å². The lowest BCUT2D eigenvalue weighted by Crippen LogP contribution is -2.42. The van der Waals surface area contributed by atoms with Gasteiger partial charge in [-0.2, -0.15) is 0 Å². The third-order valence-electron chi connectivity index (χ3n) is 6.51. The molecule has 39 heavy (non-hydrogen) atoms. The second-order valence-electron chi connectivity index (χ2n) is 9.46. The number of rotatable bonds is 11. The average molecular weight is 569 g/mol. The van der Waals surface area contributed by atoms with Crippen molar-refractivity contribution in [1.82, 2.24) is 10.3 Å². The van der Waals surface area contributed by atoms with Crippen LogP contribution < -0.4 is 16.0 Å². The number of fused-ring (bicyclic) bond motifs is 1. The minimum Gasteiger partial charge on any atom is -0.480 e. The predicted octanol–water partition coefficient (Wildman–Crippen LogP) is 5.52. The molecule has 1 atom stereocenters. The first-order chi connectivity index (χ1) is 18.8. The summed E-state index contributed by atoms with van der Waals surface area (Å²) in [5, 5.41) is 18.6. The first-order valence-electron chi connectivity index (χ1n) is 12.9. The van der Waals surface area contributed by atoms with E-state index in [0.29, 0.717) is 17.7 Å². The van der Waals surface area contributed by atoms with Gasteiger partial charge in [0.1, 0.15) is 11.9 Å². The zero-order valence-corrected chi connectivity index (χ0v) is 22.8. The second-order valence-corrected chi connectivity index (χ2v) is 10.3. The minimum absolute atomic E-state index is 0.0288. The molecule has 204 valence electrons. The molecule has 0 saturated heterocycles. The topological polar surface area (TPSA) is 120 Å². The van der Waals surface area contributed by atoms with Crippen molar-refractivity contribution in [3.63, 3.8) is 0 Å². The fraction of sp³-hybridized carbons (Fsp3) is 0.310. The molecule has 0 saturated carbocycles. The van der Waals surface area contributed by atoms with Crippen molar-refractivity contribution in [3.05, 3.63) is 87.0 Å². The maximum atomic E-state index is 12.6. The largest absolute Gasteiger partial charge is 0.480 e. The van der Waals surface area contributed by atoms with E-state index in [1.54, 1.807) is 30.3 Å². The molecular weight excluding hydrogens is 539 g/mol. The first kappa shape index (κ1) is 28.4. The molecular formula is C29H30Cl2N4O4. The van der Waals surface area contributed by atoms with E-state index < -0.39 is 17.9 Å². The zero-order valence-electron chi connectivity index (χ0n) is 21.3. The summed E-state index contributed by atoms with van der Waals surface area (Å²) in [4.78, 5) is 41.5. The molecule has 1 aliphatic rings. The molecule has 0 spiro atoms. The summed E-state index contributed by atoms with van der Waals surface area (Å²) in [6.07, 6.45) is 5.05. The lowest BCUT2D eigenvalue weighted by atomic mass is 10.0. The quantitative estimate of drug-likeness (QED) is 0.226. The van der Waals surface area contributed by atoms with Crippen LogP contribution in [0.4, 0.5) is 11.5 Å². The molecule has 2 heterocycles. The Bertz CT molecular complexity index is 1330. The van der Waals surface area contributed by atoms with Crippen molar-refractivity contribution in [2.75, 3.05) is 17.2 Å². The van der Waals surface area contributed by atoms with Crippen molar-refractivity contribution in [3.8, 4) is 0 Å². The number of carbonyl (C=O) groups excluding carboxylic acids is 2. The third-order valence-corrected chi connectivity index (χ3v) is 7.14. The number of carbonyl (C=O) groups is 3. The van der Waals surface area contributed by atoms with Crippen molar-refractivity contribution < 1.29 is 19.5 Å². The highest BCUT2D eigenvalue weighted by atomic mass is 35.5. The Labute approximate surface area is 237 Å². The van der Waals surface area contributed by atoms with Gasteiger partial charge in [-0.1, -0.05) is 47.5 Å². The summed E-state index contributed by atoms with van der Waals surface area (Å²) in [5.41, 5.74) is 3.62. The van der Waals surface area contributed by atoms with E-state index >= 15 is 0 Å². The van der Waals surface area contributed by atoms with Crippen molar-refractivity contribution in [2.24, 2.45) is 0 Å². The number of unbranched alkanes of at least 4 members (excludes halogenated alkanes) is 1. The Morgan fingerprint density at radius 2 is 1.74 bits per heavy atom. The van der Waals surface area contributed by atoms with Crippen molar-refractivity contribution in [1.29, 1.82) is 0 Å². The van der Waals surface area contributed by atoms with E-state index in [9.17, 15) is 19.5 Å². The maximum absolute atomic E-state index is 12.6. The van der Waals surface area contributed by atoms with Gasteiger partial charge in [-0.25, -0.2) is 9.78 Å². The van der Waals surface area contributed by atoms with Crippen LogP contribution in [0.5, 0.6) is 0 Å². The smallest absolute Gasteiger partial charge is 0.326 e. The Morgan fingerprint density at radius 3 is 2.46 bits per heavy atom. The van der Waals surface area contributed by atoms with Gasteiger partial charge >= 0.3 is 5.97 Å². The van der Waals surface area contributed by atoms with Crippen LogP contribution in [0.25, 0.3) is 0 Å². The lowest BCUT2D eigenvalue weighted by Gasteiger charge is -2.17. The number of amides is 2. The minimum atomic E-state index is -1.19. The summed E-state index contributed by atoms with van der Waals surface area (Å²) >= 11 is 12.1. The molecule has 0 radical (unpaired) electrons. The number of nitrogens with one attached hydrogen (secondary N) is 3. The number of benzene rings is 2. The number of nitrogens with zero attached hydrogens (tertiary/aromatic N) is 1. The van der Waals surface area contributed by atoms with Gasteiger partial charge in [0, 0.05) is 30.8 Å². The molecule has 1 aliphatic heterocycles. The summed E-state index contributed by atoms with van der Waals surface area (Å²) in [6, 6.07) is 14.5. The number of aryl methyl sites for hydroxylation is 2. The molecule has 10 heteroatoms. The number of hydrogen-bond donors (Lipinski definition) is 4. The molecule has 2 amide bonds. The van der Waals surface area contributed by atoms with Crippen LogP contribution in [0.15, 0.2) is 54.6 Å². The van der Waals surface area contributed by atoms with Crippen molar-refractivity contribution >= 4 is 52.5 Å². The Kier molecular flexibility index (Phi) is 9.79. The van der Waals surface area contributed by atoms with E-state index in [4.69, 9.17) is 28.2 Å². The van der Waals surface area contributed by atoms with Gasteiger partial charge in [-0.15, -0.1) is 0 Å². The van der Waals surface area contributed by atoms with E-state index in [2.05, 4.69) is 28.1 Å². The second kappa shape index (κ2) is 13.4. The SMILES string of the molecule is O=C(CCCCc1ccc2c(n1)NCCC2)Nc1ccc(C[C@H](NC(=O)c2c(Cl)cccc2Cl)C(=O)O)cc1. The van der Waals surface area contributed by atoms with Gasteiger partial charge in [-0.3, -0.25) is 9.59 Å². The van der Waals surface area contributed by atoms with E-state index in [0.717, 1.165) is 50.2 Å². The number of aromatic nitrogens is 1. The number of pyridine rings is 1. The van der Waals surface area contributed by atoms with Crippen LogP contribution in [0, 0.1) is 0 Å². The van der Waals surface area contributed by atoms with Gasteiger partial charge < -0.3 is 21.1 Å². The van der Waals surface area contributed by atoms with Gasteiger partial charge in [0.15, 0.2) is 0 Å². The number of hydrogen-bond acceptors (Lipinski definition) is 5. The van der Waals surface area contributed by atoms with Crippen LogP contribution in [-0.4, -0.2) is 40.5 Å². The van der Waals surface area contributed by atoms with Crippen LogP contribution >= 0.6 is 23.2 Å². The molecule has 4 rings (SSSR count). The highest BCUT2D eigenvalue weighted by Crippen LogP contribution is 2.24. The Hall–Kier alpha value is -3.62. The summed E-state index contributed by atoms with van der Waals surface area (Å²) < 4.78 is 0. The summed E-state index contributed by atoms with van der Waals surface area (Å²) in [7, 11) is 0. The predicted molar refractivity (Wildman–Crippen MR) is 153 cm³/mol. The fourth-order valence-electron chi connectivity index (χ4n) is 4.43. The lowest BCUT2D eigenvalue weighted by molar-refractivity contribution is -0.139. The molecule has 4 N–H and O–H groups in total. The molecule has 0 fully saturated rings. The number of anilines is 2. The number of halogens is 2. The highest BCUT2D eigenvalue weighted by molar-refractivity contribution is 6.39. The van der Waals surface area contributed by atoms with Gasteiger partial charge in [-0.05, 0) is 73.6 Å².